The highest BCUT2D eigenvalue weighted by Crippen LogP contribution is 2.28. The van der Waals surface area contributed by atoms with E-state index < -0.39 is 5.82 Å². The molecule has 20 heavy (non-hydrogen) atoms. The van der Waals surface area contributed by atoms with E-state index in [0.29, 0.717) is 12.3 Å². The first kappa shape index (κ1) is 15.4. The number of aliphatic hydroxyl groups excluding tert-OH is 1. The van der Waals surface area contributed by atoms with Gasteiger partial charge in [-0.3, -0.25) is 4.79 Å². The highest BCUT2D eigenvalue weighted by Gasteiger charge is 2.20. The van der Waals surface area contributed by atoms with Crippen molar-refractivity contribution in [1.29, 1.82) is 0 Å². The number of halogens is 2. The van der Waals surface area contributed by atoms with Crippen LogP contribution in [-0.2, 0) is 0 Å². The van der Waals surface area contributed by atoms with Crippen LogP contribution >= 0.6 is 11.6 Å². The van der Waals surface area contributed by atoms with Gasteiger partial charge in [0.15, 0.2) is 5.78 Å². The largest absolute Gasteiger partial charge is 0.393 e. The summed E-state index contributed by atoms with van der Waals surface area (Å²) in [5, 5.41) is 9.50. The lowest BCUT2D eigenvalue weighted by atomic mass is 9.84. The number of rotatable bonds is 5. The Hall–Kier alpha value is -1.00. The Balaban J connectivity index is 1.79. The van der Waals surface area contributed by atoms with E-state index in [0.717, 1.165) is 50.8 Å². The molecule has 0 radical (unpaired) electrons. The van der Waals surface area contributed by atoms with E-state index in [-0.39, 0.29) is 22.6 Å². The molecular formula is C15H19ClFNO2. The minimum Gasteiger partial charge on any atom is -0.393 e. The number of aliphatic hydroxyl groups is 1. The molecule has 5 heteroatoms. The second-order valence-corrected chi connectivity index (χ2v) is 5.84. The molecule has 110 valence electrons. The van der Waals surface area contributed by atoms with Crippen molar-refractivity contribution >= 4 is 17.4 Å². The topological polar surface area (TPSA) is 50.2 Å². The van der Waals surface area contributed by atoms with Crippen LogP contribution in [0.15, 0.2) is 12.3 Å². The van der Waals surface area contributed by atoms with Crippen LogP contribution in [0.2, 0.25) is 5.15 Å². The van der Waals surface area contributed by atoms with Crippen LogP contribution in [0.1, 0.15) is 55.3 Å². The Morgan fingerprint density at radius 3 is 2.80 bits per heavy atom. The van der Waals surface area contributed by atoms with Crippen molar-refractivity contribution in [2.45, 2.75) is 51.0 Å². The molecule has 1 heterocycles. The minimum atomic E-state index is -0.543. The SMILES string of the molecule is O=C(CCCC1CCC(O)CC1)c1cc(F)cnc1Cl. The van der Waals surface area contributed by atoms with Crippen molar-refractivity contribution in [3.8, 4) is 0 Å². The fourth-order valence-corrected chi connectivity index (χ4v) is 2.95. The Morgan fingerprint density at radius 2 is 2.10 bits per heavy atom. The second kappa shape index (κ2) is 7.14. The van der Waals surface area contributed by atoms with Gasteiger partial charge in [-0.15, -0.1) is 0 Å². The summed E-state index contributed by atoms with van der Waals surface area (Å²) in [6, 6.07) is 1.15. The molecule has 0 atom stereocenters. The molecule has 1 saturated carbocycles. The smallest absolute Gasteiger partial charge is 0.166 e. The lowest BCUT2D eigenvalue weighted by Crippen LogP contribution is -2.18. The first-order valence-electron chi connectivity index (χ1n) is 7.08. The van der Waals surface area contributed by atoms with Gasteiger partial charge in [-0.2, -0.15) is 0 Å². The van der Waals surface area contributed by atoms with Crippen molar-refractivity contribution in [3.63, 3.8) is 0 Å². The molecule has 1 aliphatic carbocycles. The summed E-state index contributed by atoms with van der Waals surface area (Å²) in [7, 11) is 0. The first-order valence-corrected chi connectivity index (χ1v) is 7.46. The molecule has 1 N–H and O–H groups in total. The van der Waals surface area contributed by atoms with Crippen molar-refractivity contribution in [2.24, 2.45) is 5.92 Å². The summed E-state index contributed by atoms with van der Waals surface area (Å²) in [4.78, 5) is 15.6. The maximum absolute atomic E-state index is 13.1. The molecule has 0 unspecified atom stereocenters. The van der Waals surface area contributed by atoms with Crippen molar-refractivity contribution < 1.29 is 14.3 Å². The fraction of sp³-hybridized carbons (Fsp3) is 0.600. The monoisotopic (exact) mass is 299 g/mol. The maximum atomic E-state index is 13.1. The van der Waals surface area contributed by atoms with E-state index in [1.54, 1.807) is 0 Å². The van der Waals surface area contributed by atoms with Gasteiger partial charge in [0, 0.05) is 6.42 Å². The number of hydrogen-bond donors (Lipinski definition) is 1. The van der Waals surface area contributed by atoms with Crippen LogP contribution in [0.3, 0.4) is 0 Å². The van der Waals surface area contributed by atoms with Crippen LogP contribution < -0.4 is 0 Å². The summed E-state index contributed by atoms with van der Waals surface area (Å²) >= 11 is 5.81. The zero-order valence-electron chi connectivity index (χ0n) is 11.3. The molecule has 0 saturated heterocycles. The van der Waals surface area contributed by atoms with Gasteiger partial charge in [0.1, 0.15) is 11.0 Å². The molecule has 1 fully saturated rings. The molecule has 1 aromatic heterocycles. The van der Waals surface area contributed by atoms with E-state index in [4.69, 9.17) is 11.6 Å². The average Bonchev–Trinajstić information content (AvgIpc) is 2.43. The van der Waals surface area contributed by atoms with Gasteiger partial charge < -0.3 is 5.11 Å². The van der Waals surface area contributed by atoms with Gasteiger partial charge in [0.25, 0.3) is 0 Å². The van der Waals surface area contributed by atoms with E-state index in [9.17, 15) is 14.3 Å². The van der Waals surface area contributed by atoms with Crippen LogP contribution in [0.4, 0.5) is 4.39 Å². The summed E-state index contributed by atoms with van der Waals surface area (Å²) in [6.07, 6.45) is 6.73. The second-order valence-electron chi connectivity index (χ2n) is 5.48. The number of aromatic nitrogens is 1. The quantitative estimate of drug-likeness (QED) is 0.665. The van der Waals surface area contributed by atoms with E-state index >= 15 is 0 Å². The van der Waals surface area contributed by atoms with Crippen molar-refractivity contribution in [2.75, 3.05) is 0 Å². The van der Waals surface area contributed by atoms with Crippen molar-refractivity contribution in [3.05, 3.63) is 28.8 Å². The number of hydrogen-bond acceptors (Lipinski definition) is 3. The van der Waals surface area contributed by atoms with Crippen molar-refractivity contribution in [1.82, 2.24) is 4.98 Å². The number of carbonyl (C=O) groups excluding carboxylic acids is 1. The van der Waals surface area contributed by atoms with Gasteiger partial charge in [-0.05, 0) is 44.1 Å². The van der Waals surface area contributed by atoms with Gasteiger partial charge in [0.2, 0.25) is 0 Å². The number of pyridine rings is 1. The molecule has 0 amide bonds. The Morgan fingerprint density at radius 1 is 1.40 bits per heavy atom. The molecule has 3 nitrogen and oxygen atoms in total. The number of ketones is 1. The van der Waals surface area contributed by atoms with Gasteiger partial charge in [-0.25, -0.2) is 9.37 Å². The minimum absolute atomic E-state index is 0.0668. The summed E-state index contributed by atoms with van der Waals surface area (Å²) < 4.78 is 13.1. The summed E-state index contributed by atoms with van der Waals surface area (Å²) in [5.41, 5.74) is 0.172. The van der Waals surface area contributed by atoms with E-state index in [1.165, 1.54) is 0 Å². The van der Waals surface area contributed by atoms with Crippen LogP contribution in [-0.4, -0.2) is 22.0 Å². The third-order valence-electron chi connectivity index (χ3n) is 3.94. The normalized spacial score (nSPS) is 22.8. The number of carbonyl (C=O) groups is 1. The highest BCUT2D eigenvalue weighted by molar-refractivity contribution is 6.32. The third-order valence-corrected chi connectivity index (χ3v) is 4.24. The Kier molecular flexibility index (Phi) is 5.49. The van der Waals surface area contributed by atoms with Gasteiger partial charge in [-0.1, -0.05) is 18.0 Å². The van der Waals surface area contributed by atoms with E-state index in [2.05, 4.69) is 4.98 Å². The average molecular weight is 300 g/mol. The molecule has 0 bridgehead atoms. The lowest BCUT2D eigenvalue weighted by molar-refractivity contribution is 0.0954. The predicted octanol–water partition coefficient (Wildman–Crippen LogP) is 3.78. The molecule has 2 rings (SSSR count). The number of Topliss-reactive ketones (excluding diaryl/α,β-unsaturated/α-hetero) is 1. The maximum Gasteiger partial charge on any atom is 0.166 e. The van der Waals surface area contributed by atoms with Gasteiger partial charge in [0.05, 0.1) is 17.9 Å². The predicted molar refractivity (Wildman–Crippen MR) is 75.4 cm³/mol. The highest BCUT2D eigenvalue weighted by atomic mass is 35.5. The van der Waals surface area contributed by atoms with Crippen LogP contribution in [0.25, 0.3) is 0 Å². The first-order chi connectivity index (χ1) is 9.56. The lowest BCUT2D eigenvalue weighted by Gasteiger charge is -2.25. The third kappa shape index (κ3) is 4.25. The fourth-order valence-electron chi connectivity index (χ4n) is 2.74. The summed E-state index contributed by atoms with van der Waals surface area (Å²) in [6.45, 7) is 0. The molecule has 0 aromatic carbocycles. The molecule has 1 aliphatic rings. The Bertz CT molecular complexity index is 473. The number of nitrogens with zero attached hydrogens (tertiary/aromatic N) is 1. The van der Waals surface area contributed by atoms with Gasteiger partial charge >= 0.3 is 0 Å². The Labute approximate surface area is 123 Å². The van der Waals surface area contributed by atoms with E-state index in [1.807, 2.05) is 0 Å². The molecule has 0 spiro atoms. The van der Waals surface area contributed by atoms with Crippen LogP contribution in [0.5, 0.6) is 0 Å². The molecule has 0 aliphatic heterocycles. The van der Waals surface area contributed by atoms with Crippen LogP contribution in [0, 0.1) is 11.7 Å². The zero-order chi connectivity index (χ0) is 14.5. The molecule has 1 aromatic rings. The molecular weight excluding hydrogens is 281 g/mol. The summed E-state index contributed by atoms with van der Waals surface area (Å²) in [5.74, 6) is -0.107. The zero-order valence-corrected chi connectivity index (χ0v) is 12.1. The standard InChI is InChI=1S/C15H19ClFNO2/c16-15-13(8-11(17)9-18-15)14(20)3-1-2-10-4-6-12(19)7-5-10/h8-10,12,19H,1-7H2.